The molecule has 0 radical (unpaired) electrons. The first-order chi connectivity index (χ1) is 14.4. The molecule has 0 unspecified atom stereocenters. The van der Waals surface area contributed by atoms with Crippen molar-refractivity contribution in [2.24, 2.45) is 5.92 Å². The fourth-order valence-electron chi connectivity index (χ4n) is 3.86. The SMILES string of the molecule is OCc1ccc(C(F)(F)F)cc1-c1ccc2c(c1)OC[C@H](Cc1ccccc1)[C@H]2O. The van der Waals surface area contributed by atoms with Crippen molar-refractivity contribution in [3.8, 4) is 16.9 Å². The van der Waals surface area contributed by atoms with Crippen molar-refractivity contribution in [3.63, 3.8) is 0 Å². The van der Waals surface area contributed by atoms with Crippen LogP contribution in [0.2, 0.25) is 0 Å². The van der Waals surface area contributed by atoms with Crippen LogP contribution in [0.4, 0.5) is 13.2 Å². The molecule has 1 heterocycles. The Kier molecular flexibility index (Phi) is 5.54. The second-order valence-electron chi connectivity index (χ2n) is 7.49. The predicted octanol–water partition coefficient (Wildman–Crippen LogP) is 5.15. The van der Waals surface area contributed by atoms with Crippen LogP contribution in [0.15, 0.2) is 66.7 Å². The minimum absolute atomic E-state index is 0.118. The Bertz CT molecular complexity index is 1030. The van der Waals surface area contributed by atoms with Crippen molar-refractivity contribution in [2.75, 3.05) is 6.61 Å². The van der Waals surface area contributed by atoms with E-state index in [0.717, 1.165) is 17.7 Å². The molecule has 0 spiro atoms. The first kappa shape index (κ1) is 20.4. The Balaban J connectivity index is 1.64. The van der Waals surface area contributed by atoms with Crippen molar-refractivity contribution in [1.82, 2.24) is 0 Å². The number of fused-ring (bicyclic) bond motifs is 1. The van der Waals surface area contributed by atoms with Crippen LogP contribution in [-0.4, -0.2) is 16.8 Å². The zero-order valence-corrected chi connectivity index (χ0v) is 16.1. The van der Waals surface area contributed by atoms with Crippen LogP contribution in [-0.2, 0) is 19.2 Å². The molecule has 3 nitrogen and oxygen atoms in total. The Morgan fingerprint density at radius 3 is 2.43 bits per heavy atom. The van der Waals surface area contributed by atoms with Gasteiger partial charge in [0.05, 0.1) is 24.9 Å². The Morgan fingerprint density at radius 2 is 1.73 bits per heavy atom. The molecule has 6 heteroatoms. The molecule has 0 saturated heterocycles. The van der Waals surface area contributed by atoms with E-state index in [-0.39, 0.29) is 12.5 Å². The average Bonchev–Trinajstić information content (AvgIpc) is 2.75. The van der Waals surface area contributed by atoms with Crippen molar-refractivity contribution < 1.29 is 28.1 Å². The topological polar surface area (TPSA) is 49.7 Å². The number of benzene rings is 3. The van der Waals surface area contributed by atoms with E-state index in [1.807, 2.05) is 30.3 Å². The van der Waals surface area contributed by atoms with E-state index in [0.29, 0.717) is 41.0 Å². The quantitative estimate of drug-likeness (QED) is 0.621. The van der Waals surface area contributed by atoms with Crippen molar-refractivity contribution in [2.45, 2.75) is 25.3 Å². The third kappa shape index (κ3) is 4.06. The fourth-order valence-corrected chi connectivity index (χ4v) is 3.86. The standard InChI is InChI=1S/C24H21F3O3/c25-24(26,27)19-8-6-17(13-28)21(12-19)16-7-9-20-22(11-16)30-14-18(23(20)29)10-15-4-2-1-3-5-15/h1-9,11-12,18,23,28-29H,10,13-14H2/t18-,23+/m0/s1. The van der Waals surface area contributed by atoms with E-state index >= 15 is 0 Å². The third-order valence-electron chi connectivity index (χ3n) is 5.49. The number of hydrogen-bond donors (Lipinski definition) is 2. The lowest BCUT2D eigenvalue weighted by Crippen LogP contribution is -2.27. The van der Waals surface area contributed by atoms with E-state index < -0.39 is 17.8 Å². The normalized spacial score (nSPS) is 18.6. The van der Waals surface area contributed by atoms with Gasteiger partial charge in [-0.2, -0.15) is 13.2 Å². The molecule has 2 atom stereocenters. The van der Waals surface area contributed by atoms with Crippen LogP contribution in [0, 0.1) is 5.92 Å². The molecule has 156 valence electrons. The van der Waals surface area contributed by atoms with E-state index in [1.165, 1.54) is 6.07 Å². The summed E-state index contributed by atoms with van der Waals surface area (Å²) in [5.41, 5.74) is 2.11. The molecule has 30 heavy (non-hydrogen) atoms. The van der Waals surface area contributed by atoms with Gasteiger partial charge in [0.15, 0.2) is 0 Å². The molecule has 0 bridgehead atoms. The first-order valence-electron chi connectivity index (χ1n) is 9.67. The van der Waals surface area contributed by atoms with Gasteiger partial charge in [-0.15, -0.1) is 0 Å². The van der Waals surface area contributed by atoms with Gasteiger partial charge in [0, 0.05) is 11.5 Å². The van der Waals surface area contributed by atoms with Crippen LogP contribution in [0.1, 0.15) is 28.4 Å². The minimum Gasteiger partial charge on any atom is -0.493 e. The molecule has 1 aliphatic heterocycles. The number of rotatable bonds is 4. The molecule has 0 amide bonds. The van der Waals surface area contributed by atoms with Gasteiger partial charge in [0.25, 0.3) is 0 Å². The van der Waals surface area contributed by atoms with E-state index in [4.69, 9.17) is 4.74 Å². The highest BCUT2D eigenvalue weighted by atomic mass is 19.4. The summed E-state index contributed by atoms with van der Waals surface area (Å²) in [5.74, 6) is 0.331. The Labute approximate surface area is 172 Å². The Hall–Kier alpha value is -2.83. The smallest absolute Gasteiger partial charge is 0.416 e. The number of aliphatic hydroxyl groups is 2. The zero-order valence-electron chi connectivity index (χ0n) is 16.1. The van der Waals surface area contributed by atoms with Crippen LogP contribution in [0.25, 0.3) is 11.1 Å². The molecule has 0 fully saturated rings. The number of aliphatic hydroxyl groups excluding tert-OH is 2. The highest BCUT2D eigenvalue weighted by Gasteiger charge is 2.32. The maximum Gasteiger partial charge on any atom is 0.416 e. The van der Waals surface area contributed by atoms with Gasteiger partial charge in [-0.1, -0.05) is 48.5 Å². The first-order valence-corrected chi connectivity index (χ1v) is 9.67. The maximum absolute atomic E-state index is 13.1. The van der Waals surface area contributed by atoms with Crippen molar-refractivity contribution in [3.05, 3.63) is 89.0 Å². The maximum atomic E-state index is 13.1. The van der Waals surface area contributed by atoms with Crippen molar-refractivity contribution >= 4 is 0 Å². The number of alkyl halides is 3. The van der Waals surface area contributed by atoms with Gasteiger partial charge in [-0.3, -0.25) is 0 Å². The molecular weight excluding hydrogens is 393 g/mol. The van der Waals surface area contributed by atoms with Crippen LogP contribution in [0.3, 0.4) is 0 Å². The summed E-state index contributed by atoms with van der Waals surface area (Å²) in [6.07, 6.45) is -4.55. The molecule has 4 rings (SSSR count). The van der Waals surface area contributed by atoms with Gasteiger partial charge in [-0.05, 0) is 46.9 Å². The summed E-state index contributed by atoms with van der Waals surface area (Å²) >= 11 is 0. The Morgan fingerprint density at radius 1 is 0.967 bits per heavy atom. The summed E-state index contributed by atoms with van der Waals surface area (Å²) < 4.78 is 45.3. The second-order valence-corrected chi connectivity index (χ2v) is 7.49. The second kappa shape index (κ2) is 8.13. The molecule has 0 saturated carbocycles. The number of ether oxygens (including phenoxy) is 1. The lowest BCUT2D eigenvalue weighted by molar-refractivity contribution is -0.137. The predicted molar refractivity (Wildman–Crippen MR) is 107 cm³/mol. The van der Waals surface area contributed by atoms with Crippen LogP contribution >= 0.6 is 0 Å². The van der Waals surface area contributed by atoms with Gasteiger partial charge >= 0.3 is 6.18 Å². The van der Waals surface area contributed by atoms with Crippen LogP contribution < -0.4 is 4.74 Å². The summed E-state index contributed by atoms with van der Waals surface area (Å²) in [6, 6.07) is 18.1. The molecular formula is C24H21F3O3. The van der Waals surface area contributed by atoms with E-state index in [1.54, 1.807) is 18.2 Å². The summed E-state index contributed by atoms with van der Waals surface area (Å²) in [5, 5.41) is 20.4. The molecule has 2 N–H and O–H groups in total. The summed E-state index contributed by atoms with van der Waals surface area (Å²) in [7, 11) is 0. The third-order valence-corrected chi connectivity index (χ3v) is 5.49. The monoisotopic (exact) mass is 414 g/mol. The van der Waals surface area contributed by atoms with Gasteiger partial charge in [0.2, 0.25) is 0 Å². The minimum atomic E-state index is -4.48. The highest BCUT2D eigenvalue weighted by molar-refractivity contribution is 5.70. The fraction of sp³-hybridized carbons (Fsp3) is 0.250. The number of hydrogen-bond acceptors (Lipinski definition) is 3. The van der Waals surface area contributed by atoms with Gasteiger partial charge in [-0.25, -0.2) is 0 Å². The van der Waals surface area contributed by atoms with E-state index in [9.17, 15) is 23.4 Å². The van der Waals surface area contributed by atoms with E-state index in [2.05, 4.69) is 0 Å². The number of halogens is 3. The molecule has 0 aliphatic carbocycles. The molecule has 1 aliphatic rings. The van der Waals surface area contributed by atoms with Gasteiger partial charge < -0.3 is 14.9 Å². The van der Waals surface area contributed by atoms with Crippen molar-refractivity contribution in [1.29, 1.82) is 0 Å². The average molecular weight is 414 g/mol. The van der Waals surface area contributed by atoms with Crippen LogP contribution in [0.5, 0.6) is 5.75 Å². The summed E-state index contributed by atoms with van der Waals surface area (Å²) in [4.78, 5) is 0. The lowest BCUT2D eigenvalue weighted by Gasteiger charge is -2.31. The molecule has 0 aromatic heterocycles. The lowest BCUT2D eigenvalue weighted by atomic mass is 9.87. The zero-order chi connectivity index (χ0) is 21.3. The molecule has 3 aromatic carbocycles. The largest absolute Gasteiger partial charge is 0.493 e. The molecule has 3 aromatic rings. The summed E-state index contributed by atoms with van der Waals surface area (Å²) in [6.45, 7) is -0.0743. The van der Waals surface area contributed by atoms with Gasteiger partial charge in [0.1, 0.15) is 5.75 Å². The highest BCUT2D eigenvalue weighted by Crippen LogP contribution is 2.41.